The summed E-state index contributed by atoms with van der Waals surface area (Å²) in [5.74, 6) is 0. The summed E-state index contributed by atoms with van der Waals surface area (Å²) in [5.41, 5.74) is 30.0. The first-order valence-corrected chi connectivity index (χ1v) is 34.5. The van der Waals surface area contributed by atoms with Crippen LogP contribution in [0.2, 0.25) is 0 Å². The van der Waals surface area contributed by atoms with Crippen LogP contribution in [0.4, 0.5) is 34.1 Å². The highest BCUT2D eigenvalue weighted by atomic mass is 15.2. The quantitative estimate of drug-likeness (QED) is 0.105. The molecule has 98 heavy (non-hydrogen) atoms. The molecule has 2 aliphatic rings. The van der Waals surface area contributed by atoms with E-state index in [0.29, 0.717) is 0 Å². The van der Waals surface area contributed by atoms with Crippen LogP contribution in [-0.4, -0.2) is 11.3 Å². The number of anilines is 6. The molecule has 466 valence electrons. The first kappa shape index (κ1) is 58.8. The highest BCUT2D eigenvalue weighted by molar-refractivity contribution is 7.00. The van der Waals surface area contributed by atoms with Crippen molar-refractivity contribution in [3.8, 4) is 72.4 Å². The summed E-state index contributed by atoms with van der Waals surface area (Å²) in [6.07, 6.45) is 0. The van der Waals surface area contributed by atoms with Crippen LogP contribution in [0.1, 0.15) is 52.7 Å². The highest BCUT2D eigenvalue weighted by Gasteiger charge is 2.46. The Balaban J connectivity index is 1.09. The molecule has 18 rings (SSSR count). The van der Waals surface area contributed by atoms with Crippen molar-refractivity contribution in [2.75, 3.05) is 9.80 Å². The zero-order valence-corrected chi connectivity index (χ0v) is 56.1. The largest absolute Gasteiger partial charge is 0.310 e. The topological polar surface area (TPSA) is 11.4 Å². The SMILES string of the molecule is CC(C)(C)c1cc(-c2ccccc2)c(N2c3ccc(-c4ccccc4)cc3B3c4cc(-c5ccccc5)ccc4N(c4c(-c5ccccc5)cc(C(C)(C)C)cc4-c4ccccc4)c4cc(-n5c6ccccc6c6c7ccccc7c7ccccc7c65)cc2c43)c(-c2ccccc2)c1. The van der Waals surface area contributed by atoms with Crippen molar-refractivity contribution in [3.63, 3.8) is 0 Å². The molecule has 2 aliphatic heterocycles. The first-order valence-electron chi connectivity index (χ1n) is 34.5. The molecule has 3 heterocycles. The van der Waals surface area contributed by atoms with Crippen LogP contribution in [0, 0.1) is 0 Å². The molecule has 0 saturated heterocycles. The van der Waals surface area contributed by atoms with E-state index >= 15 is 0 Å². The van der Waals surface area contributed by atoms with Gasteiger partial charge in [0.2, 0.25) is 0 Å². The molecule has 0 radical (unpaired) electrons. The van der Waals surface area contributed by atoms with Gasteiger partial charge >= 0.3 is 0 Å². The Morgan fingerprint density at radius 1 is 0.265 bits per heavy atom. The Labute approximate surface area is 574 Å². The fraction of sp³-hybridized carbons (Fsp3) is 0.0851. The maximum absolute atomic E-state index is 2.71. The molecule has 3 nitrogen and oxygen atoms in total. The van der Waals surface area contributed by atoms with Gasteiger partial charge in [0.05, 0.1) is 28.1 Å². The molecule has 0 spiro atoms. The lowest BCUT2D eigenvalue weighted by molar-refractivity contribution is 0.590. The number of hydrogen-bond acceptors (Lipinski definition) is 2. The lowest BCUT2D eigenvalue weighted by Gasteiger charge is -2.46. The predicted molar refractivity (Wildman–Crippen MR) is 420 cm³/mol. The molecule has 16 aromatic rings. The van der Waals surface area contributed by atoms with E-state index in [1.807, 2.05) is 0 Å². The van der Waals surface area contributed by atoms with Gasteiger partial charge in [-0.1, -0.05) is 315 Å². The molecule has 0 bridgehead atoms. The molecule has 0 saturated carbocycles. The number of hydrogen-bond donors (Lipinski definition) is 0. The van der Waals surface area contributed by atoms with Crippen molar-refractivity contribution >= 4 is 101 Å². The molecule has 4 heteroatoms. The van der Waals surface area contributed by atoms with Crippen LogP contribution >= 0.6 is 0 Å². The highest BCUT2D eigenvalue weighted by Crippen LogP contribution is 2.56. The van der Waals surface area contributed by atoms with Crippen molar-refractivity contribution in [1.82, 2.24) is 4.57 Å². The Morgan fingerprint density at radius 2 is 0.592 bits per heavy atom. The molecule has 0 atom stereocenters. The Hall–Kier alpha value is -11.7. The average Bonchev–Trinajstić information content (AvgIpc) is 0.933. The predicted octanol–water partition coefficient (Wildman–Crippen LogP) is 23.8. The van der Waals surface area contributed by atoms with Gasteiger partial charge in [-0.15, -0.1) is 0 Å². The summed E-state index contributed by atoms with van der Waals surface area (Å²) < 4.78 is 2.63. The summed E-state index contributed by atoms with van der Waals surface area (Å²) in [6.45, 7) is 13.9. The zero-order chi connectivity index (χ0) is 66.0. The molecule has 0 aliphatic carbocycles. The molecule has 0 N–H and O–H groups in total. The fourth-order valence-electron chi connectivity index (χ4n) is 16.1. The van der Waals surface area contributed by atoms with Crippen LogP contribution in [0.15, 0.2) is 328 Å². The zero-order valence-electron chi connectivity index (χ0n) is 56.1. The van der Waals surface area contributed by atoms with Gasteiger partial charge < -0.3 is 14.4 Å². The van der Waals surface area contributed by atoms with E-state index in [1.165, 1.54) is 87.6 Å². The number of fused-ring (bicyclic) bond motifs is 12. The minimum atomic E-state index is -0.259. The fourth-order valence-corrected chi connectivity index (χ4v) is 16.1. The lowest BCUT2D eigenvalue weighted by Crippen LogP contribution is -2.61. The van der Waals surface area contributed by atoms with E-state index in [2.05, 4.69) is 383 Å². The maximum atomic E-state index is 2.71. The molecular formula is C94H72BN3. The Morgan fingerprint density at radius 3 is 0.980 bits per heavy atom. The number of rotatable bonds is 9. The smallest absolute Gasteiger partial charge is 0.252 e. The third-order valence-electron chi connectivity index (χ3n) is 20.8. The second-order valence-corrected chi connectivity index (χ2v) is 28.8. The van der Waals surface area contributed by atoms with E-state index in [1.54, 1.807) is 0 Å². The maximum Gasteiger partial charge on any atom is 0.252 e. The first-order chi connectivity index (χ1) is 47.9. The number of benzene rings is 15. The van der Waals surface area contributed by atoms with E-state index in [0.717, 1.165) is 89.8 Å². The second-order valence-electron chi connectivity index (χ2n) is 28.8. The number of aromatic nitrogens is 1. The molecular weight excluding hydrogens is 1180 g/mol. The van der Waals surface area contributed by atoms with Gasteiger partial charge in [-0.25, -0.2) is 0 Å². The van der Waals surface area contributed by atoms with Crippen molar-refractivity contribution in [1.29, 1.82) is 0 Å². The third kappa shape index (κ3) is 9.56. The van der Waals surface area contributed by atoms with Gasteiger partial charge in [0.25, 0.3) is 6.71 Å². The average molecular weight is 1250 g/mol. The monoisotopic (exact) mass is 1250 g/mol. The minimum Gasteiger partial charge on any atom is -0.310 e. The van der Waals surface area contributed by atoms with Gasteiger partial charge in [0.15, 0.2) is 0 Å². The van der Waals surface area contributed by atoms with Gasteiger partial charge in [0, 0.05) is 61.2 Å². The number of para-hydroxylation sites is 1. The summed E-state index contributed by atoms with van der Waals surface area (Å²) in [6, 6.07) is 124. The Kier molecular flexibility index (Phi) is 13.8. The summed E-state index contributed by atoms with van der Waals surface area (Å²) in [5, 5.41) is 7.38. The normalized spacial score (nSPS) is 12.7. The van der Waals surface area contributed by atoms with E-state index < -0.39 is 0 Å². The summed E-state index contributed by atoms with van der Waals surface area (Å²) in [4.78, 5) is 5.43. The minimum absolute atomic E-state index is 0.195. The standard InChI is InChI=1S/C94H72BN3/c1-93(2,3)69-55-77(63-35-17-9-18-36-63)90(78(56-69)64-37-19-10-20-38-64)97-84-51-49-67(61-31-13-7-14-32-61)53-81(84)95-82-54-68(62-33-15-8-16-34-62)50-52-85(82)98(91-79(65-39-21-11-22-40-65)57-70(94(4,5)6)58-80(91)66-41-23-12-24-42-66)87-60-71(59-86(97)89(87)95)96-83-48-30-29-47-76(83)88-74-45-27-25-43-72(74)73-44-26-28-46-75(73)92(88)96/h7-60H,1-6H3. The van der Waals surface area contributed by atoms with E-state index in [4.69, 9.17) is 0 Å². The van der Waals surface area contributed by atoms with Crippen LogP contribution in [0.5, 0.6) is 0 Å². The van der Waals surface area contributed by atoms with Crippen LogP contribution < -0.4 is 26.2 Å². The van der Waals surface area contributed by atoms with E-state index in [9.17, 15) is 0 Å². The second kappa shape index (κ2) is 23.0. The van der Waals surface area contributed by atoms with Crippen LogP contribution in [-0.2, 0) is 10.8 Å². The molecule has 15 aromatic carbocycles. The van der Waals surface area contributed by atoms with Crippen molar-refractivity contribution in [3.05, 3.63) is 339 Å². The number of nitrogens with zero attached hydrogens (tertiary/aromatic N) is 3. The lowest BCUT2D eigenvalue weighted by atomic mass is 9.33. The molecule has 0 fully saturated rings. The van der Waals surface area contributed by atoms with Crippen molar-refractivity contribution in [2.45, 2.75) is 52.4 Å². The molecule has 0 amide bonds. The van der Waals surface area contributed by atoms with Gasteiger partial charge in [-0.2, -0.15) is 0 Å². The summed E-state index contributed by atoms with van der Waals surface area (Å²) >= 11 is 0. The molecule has 0 unspecified atom stereocenters. The van der Waals surface area contributed by atoms with Crippen LogP contribution in [0.25, 0.3) is 116 Å². The van der Waals surface area contributed by atoms with E-state index in [-0.39, 0.29) is 17.5 Å². The van der Waals surface area contributed by atoms with Gasteiger partial charge in [-0.05, 0) is 154 Å². The van der Waals surface area contributed by atoms with Gasteiger partial charge in [0.1, 0.15) is 0 Å². The molecule has 1 aromatic heterocycles. The van der Waals surface area contributed by atoms with Crippen molar-refractivity contribution < 1.29 is 0 Å². The van der Waals surface area contributed by atoms with Crippen molar-refractivity contribution in [2.24, 2.45) is 0 Å². The van der Waals surface area contributed by atoms with Crippen LogP contribution in [0.3, 0.4) is 0 Å². The Bertz CT molecular complexity index is 5430. The third-order valence-corrected chi connectivity index (χ3v) is 20.8. The summed E-state index contributed by atoms with van der Waals surface area (Å²) in [7, 11) is 0. The van der Waals surface area contributed by atoms with Gasteiger partial charge in [-0.3, -0.25) is 0 Å².